The molecule has 2 aromatic carbocycles. The van der Waals surface area contributed by atoms with E-state index in [-0.39, 0.29) is 16.0 Å². The topological polar surface area (TPSA) is 119 Å². The SMILES string of the molecule is NC(=O)c1ccccc1NC(=O)c1ccc(S(=O)(=O)N2CCOCC2)cc1. The molecule has 1 aliphatic heterocycles. The van der Waals surface area contributed by atoms with Crippen molar-refractivity contribution in [1.82, 2.24) is 4.31 Å². The molecule has 0 aromatic heterocycles. The molecule has 0 aliphatic carbocycles. The number of nitrogens with two attached hydrogens (primary N) is 1. The number of morpholine rings is 1. The van der Waals surface area contributed by atoms with Gasteiger partial charge in [-0.25, -0.2) is 8.42 Å². The first-order valence-electron chi connectivity index (χ1n) is 8.28. The van der Waals surface area contributed by atoms with Crippen LogP contribution in [0.2, 0.25) is 0 Å². The van der Waals surface area contributed by atoms with Gasteiger partial charge in [-0.3, -0.25) is 9.59 Å². The summed E-state index contributed by atoms with van der Waals surface area (Å²) in [5, 5.41) is 2.61. The van der Waals surface area contributed by atoms with Crippen LogP contribution < -0.4 is 11.1 Å². The average molecular weight is 389 g/mol. The largest absolute Gasteiger partial charge is 0.379 e. The van der Waals surface area contributed by atoms with Crippen molar-refractivity contribution in [2.45, 2.75) is 4.90 Å². The molecule has 9 heteroatoms. The highest BCUT2D eigenvalue weighted by atomic mass is 32.2. The van der Waals surface area contributed by atoms with Gasteiger partial charge in [0.05, 0.1) is 29.4 Å². The van der Waals surface area contributed by atoms with E-state index < -0.39 is 21.8 Å². The Balaban J connectivity index is 1.77. The molecule has 2 amide bonds. The first kappa shape index (κ1) is 19.0. The second kappa shape index (κ2) is 7.87. The molecule has 0 unspecified atom stereocenters. The summed E-state index contributed by atoms with van der Waals surface area (Å²) in [7, 11) is -3.62. The fraction of sp³-hybridized carbons (Fsp3) is 0.222. The zero-order valence-electron chi connectivity index (χ0n) is 14.4. The maximum atomic E-state index is 12.6. The Morgan fingerprint density at radius 1 is 1.00 bits per heavy atom. The van der Waals surface area contributed by atoms with Gasteiger partial charge in [0, 0.05) is 18.7 Å². The fourth-order valence-electron chi connectivity index (χ4n) is 2.72. The van der Waals surface area contributed by atoms with E-state index in [1.54, 1.807) is 18.2 Å². The van der Waals surface area contributed by atoms with E-state index in [9.17, 15) is 18.0 Å². The Bertz CT molecular complexity index is 951. The highest BCUT2D eigenvalue weighted by Crippen LogP contribution is 2.19. The standard InChI is InChI=1S/C18H19N3O5S/c19-17(22)15-3-1-2-4-16(15)20-18(23)13-5-7-14(8-6-13)27(24,25)21-9-11-26-12-10-21/h1-8H,9-12H2,(H2,19,22)(H,20,23). The molecule has 142 valence electrons. The van der Waals surface area contributed by atoms with Crippen molar-refractivity contribution in [3.05, 3.63) is 59.7 Å². The zero-order chi connectivity index (χ0) is 19.4. The molecule has 0 spiro atoms. The number of hydrogen-bond acceptors (Lipinski definition) is 5. The summed E-state index contributed by atoms with van der Waals surface area (Å²) in [6.45, 7) is 1.32. The van der Waals surface area contributed by atoms with E-state index in [2.05, 4.69) is 5.32 Å². The fourth-order valence-corrected chi connectivity index (χ4v) is 4.12. The minimum absolute atomic E-state index is 0.110. The van der Waals surface area contributed by atoms with Gasteiger partial charge in [-0.2, -0.15) is 4.31 Å². The number of rotatable bonds is 5. The van der Waals surface area contributed by atoms with Crippen molar-refractivity contribution in [1.29, 1.82) is 0 Å². The third-order valence-electron chi connectivity index (χ3n) is 4.17. The number of carbonyl (C=O) groups excluding carboxylic acids is 2. The van der Waals surface area contributed by atoms with Gasteiger partial charge >= 0.3 is 0 Å². The number of nitrogens with zero attached hydrogens (tertiary/aromatic N) is 1. The van der Waals surface area contributed by atoms with Crippen molar-refractivity contribution in [2.75, 3.05) is 31.6 Å². The van der Waals surface area contributed by atoms with Gasteiger partial charge in [0.15, 0.2) is 0 Å². The molecule has 0 saturated carbocycles. The molecule has 27 heavy (non-hydrogen) atoms. The molecule has 0 radical (unpaired) electrons. The van der Waals surface area contributed by atoms with Gasteiger partial charge in [0.2, 0.25) is 10.0 Å². The molecule has 1 aliphatic rings. The predicted molar refractivity (Wildman–Crippen MR) is 98.9 cm³/mol. The maximum Gasteiger partial charge on any atom is 0.255 e. The van der Waals surface area contributed by atoms with E-state index in [1.165, 1.54) is 34.6 Å². The number of ether oxygens (including phenoxy) is 1. The maximum absolute atomic E-state index is 12.6. The van der Waals surface area contributed by atoms with E-state index in [0.29, 0.717) is 32.0 Å². The lowest BCUT2D eigenvalue weighted by molar-refractivity contribution is 0.0730. The summed E-state index contributed by atoms with van der Waals surface area (Å²) in [5.74, 6) is -1.13. The number of sulfonamides is 1. The first-order valence-corrected chi connectivity index (χ1v) is 9.72. The number of amides is 2. The minimum atomic E-state index is -3.62. The third kappa shape index (κ3) is 4.16. The number of benzene rings is 2. The Morgan fingerprint density at radius 3 is 2.26 bits per heavy atom. The average Bonchev–Trinajstić information content (AvgIpc) is 2.69. The molecule has 1 saturated heterocycles. The summed E-state index contributed by atoms with van der Waals surface area (Å²) in [6.07, 6.45) is 0. The van der Waals surface area contributed by atoms with Gasteiger partial charge in [-0.1, -0.05) is 12.1 Å². The van der Waals surface area contributed by atoms with Gasteiger partial charge < -0.3 is 15.8 Å². The lowest BCUT2D eigenvalue weighted by atomic mass is 10.1. The molecular weight excluding hydrogens is 370 g/mol. The lowest BCUT2D eigenvalue weighted by Crippen LogP contribution is -2.40. The smallest absolute Gasteiger partial charge is 0.255 e. The Kier molecular flexibility index (Phi) is 5.54. The van der Waals surface area contributed by atoms with Crippen molar-refractivity contribution >= 4 is 27.5 Å². The van der Waals surface area contributed by atoms with Crippen LogP contribution in [0.3, 0.4) is 0 Å². The number of nitrogens with one attached hydrogen (secondary N) is 1. The summed E-state index contributed by atoms with van der Waals surface area (Å²) in [5.41, 5.74) is 6.04. The van der Waals surface area contributed by atoms with E-state index in [1.807, 2.05) is 0 Å². The van der Waals surface area contributed by atoms with Crippen molar-refractivity contribution in [3.63, 3.8) is 0 Å². The monoisotopic (exact) mass is 389 g/mol. The Labute approximate surface area is 157 Å². The van der Waals surface area contributed by atoms with Crippen LogP contribution in [-0.2, 0) is 14.8 Å². The number of primary amides is 1. The molecule has 3 N–H and O–H groups in total. The zero-order valence-corrected chi connectivity index (χ0v) is 15.2. The number of para-hydroxylation sites is 1. The second-order valence-corrected chi connectivity index (χ2v) is 7.84. The molecule has 2 aromatic rings. The van der Waals surface area contributed by atoms with E-state index in [0.717, 1.165) is 0 Å². The summed E-state index contributed by atoms with van der Waals surface area (Å²) >= 11 is 0. The predicted octanol–water partition coefficient (Wildman–Crippen LogP) is 1.06. The van der Waals surface area contributed by atoms with Crippen LogP contribution in [0.5, 0.6) is 0 Å². The summed E-state index contributed by atoms with van der Waals surface area (Å²) in [6, 6.07) is 12.0. The molecule has 1 fully saturated rings. The van der Waals surface area contributed by atoms with Crippen LogP contribution in [-0.4, -0.2) is 50.8 Å². The number of carbonyl (C=O) groups is 2. The van der Waals surface area contributed by atoms with Crippen LogP contribution >= 0.6 is 0 Å². The van der Waals surface area contributed by atoms with Gasteiger partial charge in [-0.15, -0.1) is 0 Å². The Morgan fingerprint density at radius 2 is 1.63 bits per heavy atom. The summed E-state index contributed by atoms with van der Waals surface area (Å²) in [4.78, 5) is 24.0. The lowest BCUT2D eigenvalue weighted by Gasteiger charge is -2.26. The van der Waals surface area contributed by atoms with Gasteiger partial charge in [0.25, 0.3) is 11.8 Å². The highest BCUT2D eigenvalue weighted by Gasteiger charge is 2.26. The van der Waals surface area contributed by atoms with Crippen molar-refractivity contribution in [3.8, 4) is 0 Å². The first-order chi connectivity index (χ1) is 12.9. The number of hydrogen-bond donors (Lipinski definition) is 2. The molecule has 0 atom stereocenters. The van der Waals surface area contributed by atoms with Crippen molar-refractivity contribution in [2.24, 2.45) is 5.73 Å². The molecule has 3 rings (SSSR count). The number of anilines is 1. The minimum Gasteiger partial charge on any atom is -0.379 e. The Hall–Kier alpha value is -2.75. The van der Waals surface area contributed by atoms with Crippen LogP contribution in [0.4, 0.5) is 5.69 Å². The van der Waals surface area contributed by atoms with Crippen LogP contribution in [0, 0.1) is 0 Å². The molecular formula is C18H19N3O5S. The van der Waals surface area contributed by atoms with Crippen LogP contribution in [0.15, 0.2) is 53.4 Å². The quantitative estimate of drug-likeness (QED) is 0.792. The van der Waals surface area contributed by atoms with Crippen LogP contribution in [0.1, 0.15) is 20.7 Å². The van der Waals surface area contributed by atoms with Gasteiger partial charge in [-0.05, 0) is 36.4 Å². The molecule has 8 nitrogen and oxygen atoms in total. The van der Waals surface area contributed by atoms with Crippen molar-refractivity contribution < 1.29 is 22.7 Å². The van der Waals surface area contributed by atoms with E-state index >= 15 is 0 Å². The van der Waals surface area contributed by atoms with E-state index in [4.69, 9.17) is 10.5 Å². The molecule has 1 heterocycles. The highest BCUT2D eigenvalue weighted by molar-refractivity contribution is 7.89. The normalized spacial score (nSPS) is 15.3. The van der Waals surface area contributed by atoms with Crippen LogP contribution in [0.25, 0.3) is 0 Å². The second-order valence-electron chi connectivity index (χ2n) is 5.90. The molecule has 0 bridgehead atoms. The third-order valence-corrected chi connectivity index (χ3v) is 6.08. The van der Waals surface area contributed by atoms with Gasteiger partial charge in [0.1, 0.15) is 0 Å². The summed E-state index contributed by atoms with van der Waals surface area (Å²) < 4.78 is 31.7.